The summed E-state index contributed by atoms with van der Waals surface area (Å²) in [6, 6.07) is 11.9. The van der Waals surface area contributed by atoms with Crippen molar-refractivity contribution in [1.29, 1.82) is 0 Å². The van der Waals surface area contributed by atoms with Crippen molar-refractivity contribution < 1.29 is 0 Å². The van der Waals surface area contributed by atoms with Crippen LogP contribution >= 0.6 is 0 Å². The highest BCUT2D eigenvalue weighted by atomic mass is 15.1. The molecular weight excluding hydrogens is 617 g/mol. The van der Waals surface area contributed by atoms with Crippen LogP contribution in [0, 0.1) is 5.92 Å². The molecule has 0 spiro atoms. The Balaban J connectivity index is 1.59. The Bertz CT molecular complexity index is 921. The van der Waals surface area contributed by atoms with Gasteiger partial charge in [-0.1, -0.05) is 256 Å². The Labute approximate surface area is 320 Å². The lowest BCUT2D eigenvalue weighted by Crippen LogP contribution is -2.21. The van der Waals surface area contributed by atoms with Gasteiger partial charge in [-0.25, -0.2) is 4.98 Å². The van der Waals surface area contributed by atoms with Gasteiger partial charge in [0.25, 0.3) is 0 Å². The summed E-state index contributed by atoms with van der Waals surface area (Å²) in [6.45, 7) is 4.62. The number of aromatic nitrogens is 2. The van der Waals surface area contributed by atoms with E-state index in [1.165, 1.54) is 237 Å². The summed E-state index contributed by atoms with van der Waals surface area (Å²) in [7, 11) is 0. The number of unbranched alkanes of at least 4 members (excludes halogenated alkanes) is 31. The molecule has 2 rings (SSSR count). The maximum Gasteiger partial charge on any atom is 0.0948 e. The van der Waals surface area contributed by atoms with Gasteiger partial charge >= 0.3 is 0 Å². The molecule has 0 amide bonds. The van der Waals surface area contributed by atoms with Crippen LogP contribution < -0.4 is 0 Å². The minimum Gasteiger partial charge on any atom is -0.334 e. The zero-order chi connectivity index (χ0) is 36.1. The van der Waals surface area contributed by atoms with Gasteiger partial charge in [0.2, 0.25) is 0 Å². The van der Waals surface area contributed by atoms with E-state index in [9.17, 15) is 0 Å². The zero-order valence-corrected chi connectivity index (χ0v) is 34.6. The van der Waals surface area contributed by atoms with Crippen molar-refractivity contribution in [2.75, 3.05) is 0 Å². The molecule has 1 aromatic carbocycles. The molecule has 2 aromatic rings. The second kappa shape index (κ2) is 35.5. The van der Waals surface area contributed by atoms with Crippen LogP contribution in [-0.2, 0) is 6.42 Å². The second-order valence-electron chi connectivity index (χ2n) is 16.6. The van der Waals surface area contributed by atoms with E-state index in [4.69, 9.17) is 0 Å². The fourth-order valence-corrected chi connectivity index (χ4v) is 8.47. The van der Waals surface area contributed by atoms with Gasteiger partial charge in [0.05, 0.1) is 6.33 Å². The van der Waals surface area contributed by atoms with Crippen molar-refractivity contribution in [3.8, 4) is 0 Å². The van der Waals surface area contributed by atoms with Crippen molar-refractivity contribution in [2.45, 2.75) is 251 Å². The molecule has 0 bridgehead atoms. The van der Waals surface area contributed by atoms with E-state index in [1.54, 1.807) is 0 Å². The summed E-state index contributed by atoms with van der Waals surface area (Å²) in [4.78, 5) is 4.50. The van der Waals surface area contributed by atoms with Gasteiger partial charge in [0.1, 0.15) is 0 Å². The van der Waals surface area contributed by atoms with E-state index in [1.807, 2.05) is 6.20 Å². The third kappa shape index (κ3) is 26.8. The molecule has 2 nitrogen and oxygen atoms in total. The third-order valence-electron chi connectivity index (χ3n) is 11.8. The highest BCUT2D eigenvalue weighted by Crippen LogP contribution is 2.32. The Morgan fingerprint density at radius 2 is 0.784 bits per heavy atom. The summed E-state index contributed by atoms with van der Waals surface area (Å²) < 4.78 is 2.46. The molecule has 2 unspecified atom stereocenters. The van der Waals surface area contributed by atoms with Crippen LogP contribution in [0.5, 0.6) is 0 Å². The molecule has 2 atom stereocenters. The van der Waals surface area contributed by atoms with Crippen LogP contribution in [0.15, 0.2) is 49.1 Å². The zero-order valence-electron chi connectivity index (χ0n) is 34.6. The van der Waals surface area contributed by atoms with Crippen LogP contribution in [0.1, 0.15) is 250 Å². The topological polar surface area (TPSA) is 17.8 Å². The second-order valence-corrected chi connectivity index (χ2v) is 16.6. The maximum atomic E-state index is 4.50. The van der Waals surface area contributed by atoms with Crippen molar-refractivity contribution in [1.82, 2.24) is 9.55 Å². The molecule has 0 radical (unpaired) electrons. The molecule has 0 fully saturated rings. The van der Waals surface area contributed by atoms with Crippen molar-refractivity contribution in [2.24, 2.45) is 5.92 Å². The average Bonchev–Trinajstić information content (AvgIpc) is 3.69. The molecule has 0 aliphatic heterocycles. The Morgan fingerprint density at radius 3 is 1.14 bits per heavy atom. The van der Waals surface area contributed by atoms with E-state index >= 15 is 0 Å². The third-order valence-corrected chi connectivity index (χ3v) is 11.8. The first-order valence-electron chi connectivity index (χ1n) is 23.4. The number of imidazole rings is 1. The minimum atomic E-state index is 0.570. The summed E-state index contributed by atoms with van der Waals surface area (Å²) >= 11 is 0. The first-order chi connectivity index (χ1) is 25.3. The Hall–Kier alpha value is -1.57. The molecule has 2 heteroatoms. The predicted molar refractivity (Wildman–Crippen MR) is 228 cm³/mol. The lowest BCUT2D eigenvalue weighted by molar-refractivity contribution is 0.275. The van der Waals surface area contributed by atoms with Gasteiger partial charge < -0.3 is 4.57 Å². The van der Waals surface area contributed by atoms with Gasteiger partial charge in [0.15, 0.2) is 0 Å². The fourth-order valence-electron chi connectivity index (χ4n) is 8.47. The molecule has 0 aliphatic carbocycles. The van der Waals surface area contributed by atoms with Gasteiger partial charge in [-0.2, -0.15) is 0 Å². The summed E-state index contributed by atoms with van der Waals surface area (Å²) in [6.07, 6.45) is 57.7. The average molecular weight is 705 g/mol. The number of hydrogen-bond donors (Lipinski definition) is 0. The van der Waals surface area contributed by atoms with Crippen LogP contribution in [-0.4, -0.2) is 9.55 Å². The van der Waals surface area contributed by atoms with E-state index < -0.39 is 0 Å². The minimum absolute atomic E-state index is 0.570. The monoisotopic (exact) mass is 705 g/mol. The molecular formula is C49H88N2. The predicted octanol–water partition coefficient (Wildman–Crippen LogP) is 17.0. The lowest BCUT2D eigenvalue weighted by atomic mass is 9.84. The summed E-state index contributed by atoms with van der Waals surface area (Å²) in [5.74, 6) is 0.689. The van der Waals surface area contributed by atoms with Crippen LogP contribution in [0.2, 0.25) is 0 Å². The normalized spacial score (nSPS) is 12.8. The molecule has 0 aliphatic rings. The Kier molecular flexibility index (Phi) is 31.7. The van der Waals surface area contributed by atoms with Crippen LogP contribution in [0.3, 0.4) is 0 Å². The molecule has 0 N–H and O–H groups in total. The number of nitrogens with zero attached hydrogens (tertiary/aromatic N) is 2. The largest absolute Gasteiger partial charge is 0.334 e. The first-order valence-corrected chi connectivity index (χ1v) is 23.4. The van der Waals surface area contributed by atoms with Crippen molar-refractivity contribution >= 4 is 0 Å². The van der Waals surface area contributed by atoms with E-state index in [2.05, 4.69) is 66.3 Å². The van der Waals surface area contributed by atoms with E-state index in [-0.39, 0.29) is 0 Å². The Morgan fingerprint density at radius 1 is 0.431 bits per heavy atom. The highest BCUT2D eigenvalue weighted by molar-refractivity contribution is 5.15. The summed E-state index contributed by atoms with van der Waals surface area (Å²) in [5, 5.41) is 0. The van der Waals surface area contributed by atoms with Gasteiger partial charge in [0, 0.05) is 18.4 Å². The number of benzene rings is 1. The quantitative estimate of drug-likeness (QED) is 0.0634. The molecule has 51 heavy (non-hydrogen) atoms. The first kappa shape index (κ1) is 45.6. The highest BCUT2D eigenvalue weighted by Gasteiger charge is 2.23. The number of hydrogen-bond acceptors (Lipinski definition) is 1. The molecule has 294 valence electrons. The van der Waals surface area contributed by atoms with Gasteiger partial charge in [-0.3, -0.25) is 0 Å². The van der Waals surface area contributed by atoms with Crippen LogP contribution in [0.25, 0.3) is 0 Å². The number of rotatable bonds is 39. The van der Waals surface area contributed by atoms with Gasteiger partial charge in [-0.05, 0) is 30.7 Å². The lowest BCUT2D eigenvalue weighted by Gasteiger charge is -2.29. The fraction of sp³-hybridized carbons (Fsp3) is 0.816. The molecule has 1 heterocycles. The van der Waals surface area contributed by atoms with Crippen molar-refractivity contribution in [3.63, 3.8) is 0 Å². The maximum absolute atomic E-state index is 4.50. The SMILES string of the molecule is CCCCCCCCCCCCCCCCCCCC(Cc1ccccc1)C(CCCCCCCCCCCCCCCCCC)n1ccnc1. The molecule has 0 saturated heterocycles. The standard InChI is InChI=1S/C49H88N2/c1-3-5-7-9-11-13-15-17-19-21-22-24-26-28-30-32-37-41-48(45-47-39-35-34-36-40-47)49(51-44-43-50-46-51)42-38-33-31-29-27-25-23-20-18-16-14-12-10-8-6-4-2/h34-36,39-40,43-44,46,48-49H,3-33,37-38,41-42,45H2,1-2H3. The smallest absolute Gasteiger partial charge is 0.0948 e. The molecule has 0 saturated carbocycles. The molecule has 1 aromatic heterocycles. The summed E-state index contributed by atoms with van der Waals surface area (Å²) in [5.41, 5.74) is 1.51. The van der Waals surface area contributed by atoms with Crippen molar-refractivity contribution in [3.05, 3.63) is 54.6 Å². The van der Waals surface area contributed by atoms with Gasteiger partial charge in [-0.15, -0.1) is 0 Å². The van der Waals surface area contributed by atoms with E-state index in [0.29, 0.717) is 12.0 Å². The van der Waals surface area contributed by atoms with E-state index in [0.717, 1.165) is 0 Å². The van der Waals surface area contributed by atoms with Crippen LogP contribution in [0.4, 0.5) is 0 Å².